The van der Waals surface area contributed by atoms with Gasteiger partial charge in [0, 0.05) is 27.9 Å². The Labute approximate surface area is 67.2 Å². The van der Waals surface area contributed by atoms with Crippen LogP contribution in [0.4, 0.5) is 0 Å². The van der Waals surface area contributed by atoms with Crippen LogP contribution in [0.2, 0.25) is 6.55 Å². The number of ether oxygens (including phenoxy) is 1. The van der Waals surface area contributed by atoms with Crippen molar-refractivity contribution in [3.63, 3.8) is 0 Å². The summed E-state index contributed by atoms with van der Waals surface area (Å²) >= 11 is 0. The smallest absolute Gasteiger partial charge is 0.377 e. The second kappa shape index (κ2) is 4.81. The lowest BCUT2D eigenvalue weighted by molar-refractivity contribution is -0.222. The molecule has 68 valence electrons. The maximum Gasteiger partial charge on any atom is 0.500 e. The number of aliphatic hydroxyl groups is 1. The first-order valence-corrected chi connectivity index (χ1v) is 5.29. The molecule has 5 nitrogen and oxygen atoms in total. The molecule has 0 saturated carbocycles. The molecular formula is C5H14O5Si. The second-order valence-electron chi connectivity index (χ2n) is 1.93. The van der Waals surface area contributed by atoms with E-state index in [0.717, 1.165) is 0 Å². The Hall–Kier alpha value is 0.0169. The zero-order valence-corrected chi connectivity index (χ0v) is 8.16. The van der Waals surface area contributed by atoms with Gasteiger partial charge in [-0.05, 0) is 0 Å². The fourth-order valence-electron chi connectivity index (χ4n) is 0.411. The van der Waals surface area contributed by atoms with Crippen LogP contribution in [0, 0.1) is 0 Å². The van der Waals surface area contributed by atoms with Gasteiger partial charge in [-0.3, -0.25) is 0 Å². The van der Waals surface area contributed by atoms with Crippen molar-refractivity contribution in [1.82, 2.24) is 0 Å². The first-order valence-electron chi connectivity index (χ1n) is 3.07. The first kappa shape index (κ1) is 11.0. The predicted octanol–water partition coefficient (Wildman–Crippen LogP) is -0.213. The van der Waals surface area contributed by atoms with Crippen LogP contribution in [0.1, 0.15) is 0 Å². The highest BCUT2D eigenvalue weighted by atomic mass is 28.4. The van der Waals surface area contributed by atoms with Crippen LogP contribution in [-0.4, -0.2) is 41.7 Å². The minimum Gasteiger partial charge on any atom is -0.377 e. The van der Waals surface area contributed by atoms with Crippen molar-refractivity contribution >= 4 is 8.80 Å². The average Bonchev–Trinajstić information content (AvgIpc) is 2.04. The van der Waals surface area contributed by atoms with Gasteiger partial charge in [0.25, 0.3) is 6.48 Å². The molecule has 0 radical (unpaired) electrons. The quantitative estimate of drug-likeness (QED) is 0.471. The lowest BCUT2D eigenvalue weighted by Gasteiger charge is -2.24. The minimum absolute atomic E-state index is 1.29. The summed E-state index contributed by atoms with van der Waals surface area (Å²) in [6.45, 7) is 0.362. The molecule has 0 saturated heterocycles. The zero-order chi connectivity index (χ0) is 8.91. The molecule has 6 heteroatoms. The van der Waals surface area contributed by atoms with Crippen molar-refractivity contribution in [1.29, 1.82) is 0 Å². The van der Waals surface area contributed by atoms with Gasteiger partial charge < -0.3 is 23.1 Å². The number of rotatable bonds is 5. The summed E-state index contributed by atoms with van der Waals surface area (Å²) in [7, 11) is 1.58. The maximum absolute atomic E-state index is 8.89. The van der Waals surface area contributed by atoms with Crippen LogP contribution in [-0.2, 0) is 18.0 Å². The fourth-order valence-corrected chi connectivity index (χ4v) is 1.23. The molecule has 0 aromatic carbocycles. The minimum atomic E-state index is -2.66. The molecular weight excluding hydrogens is 168 g/mol. The molecule has 0 aromatic rings. The van der Waals surface area contributed by atoms with Crippen LogP contribution in [0.5, 0.6) is 0 Å². The van der Waals surface area contributed by atoms with Crippen LogP contribution in [0.15, 0.2) is 0 Å². The van der Waals surface area contributed by atoms with Gasteiger partial charge in [-0.15, -0.1) is 0 Å². The number of hydrogen-bond acceptors (Lipinski definition) is 5. The van der Waals surface area contributed by atoms with E-state index in [1.807, 2.05) is 0 Å². The predicted molar refractivity (Wildman–Crippen MR) is 39.7 cm³/mol. The van der Waals surface area contributed by atoms with Crippen LogP contribution in [0.3, 0.4) is 0 Å². The summed E-state index contributed by atoms with van der Waals surface area (Å²) in [4.78, 5) is 0. The summed E-state index contributed by atoms with van der Waals surface area (Å²) in [6, 6.07) is 0. The van der Waals surface area contributed by atoms with Crippen molar-refractivity contribution in [2.75, 3.05) is 21.3 Å². The summed E-state index contributed by atoms with van der Waals surface area (Å²) in [6.07, 6.45) is 0. The second-order valence-corrected chi connectivity index (χ2v) is 4.71. The molecule has 0 aromatic heterocycles. The van der Waals surface area contributed by atoms with Crippen molar-refractivity contribution in [2.45, 2.75) is 13.0 Å². The Balaban J connectivity index is 3.86. The summed E-state index contributed by atoms with van der Waals surface area (Å²) in [5.41, 5.74) is 0. The van der Waals surface area contributed by atoms with Crippen molar-refractivity contribution < 1.29 is 23.1 Å². The maximum atomic E-state index is 8.89. The Bertz CT molecular complexity index is 105. The molecule has 0 amide bonds. The van der Waals surface area contributed by atoms with Crippen molar-refractivity contribution in [3.8, 4) is 0 Å². The number of hydrogen-bond donors (Lipinski definition) is 1. The molecule has 1 atom stereocenters. The van der Waals surface area contributed by atoms with Gasteiger partial charge in [0.1, 0.15) is 0 Å². The van der Waals surface area contributed by atoms with Gasteiger partial charge in [0.15, 0.2) is 0 Å². The van der Waals surface area contributed by atoms with Crippen LogP contribution < -0.4 is 0 Å². The first-order chi connectivity index (χ1) is 5.08. The molecule has 0 aliphatic heterocycles. The molecule has 0 bridgehead atoms. The lowest BCUT2D eigenvalue weighted by atomic mass is 11.3. The standard InChI is InChI=1S/C5H14O5Si/c1-7-5(6)10-11(4,8-2)9-3/h5-6H,1-4H3. The van der Waals surface area contributed by atoms with E-state index < -0.39 is 15.3 Å². The molecule has 1 unspecified atom stereocenters. The Kier molecular flexibility index (Phi) is 4.81. The third-order valence-corrected chi connectivity index (χ3v) is 3.37. The van der Waals surface area contributed by atoms with E-state index in [-0.39, 0.29) is 0 Å². The highest BCUT2D eigenvalue weighted by Crippen LogP contribution is 2.08. The largest absolute Gasteiger partial charge is 0.500 e. The van der Waals surface area contributed by atoms with Gasteiger partial charge >= 0.3 is 8.80 Å². The highest BCUT2D eigenvalue weighted by molar-refractivity contribution is 6.59. The molecule has 0 aliphatic rings. The lowest BCUT2D eigenvalue weighted by Crippen LogP contribution is -2.44. The Morgan fingerprint density at radius 3 is 1.91 bits per heavy atom. The van der Waals surface area contributed by atoms with E-state index >= 15 is 0 Å². The van der Waals surface area contributed by atoms with Crippen molar-refractivity contribution in [2.24, 2.45) is 0 Å². The van der Waals surface area contributed by atoms with Gasteiger partial charge in [0.05, 0.1) is 0 Å². The zero-order valence-electron chi connectivity index (χ0n) is 7.16. The van der Waals surface area contributed by atoms with Crippen LogP contribution in [0.25, 0.3) is 0 Å². The van der Waals surface area contributed by atoms with E-state index in [4.69, 9.17) is 18.4 Å². The van der Waals surface area contributed by atoms with Crippen LogP contribution >= 0.6 is 0 Å². The molecule has 0 fully saturated rings. The summed E-state index contributed by atoms with van der Waals surface area (Å²) < 4.78 is 19.2. The van der Waals surface area contributed by atoms with E-state index in [0.29, 0.717) is 0 Å². The molecule has 0 aliphatic carbocycles. The Morgan fingerprint density at radius 2 is 1.64 bits per heavy atom. The molecule has 0 spiro atoms. The van der Waals surface area contributed by atoms with E-state index in [1.165, 1.54) is 21.3 Å². The topological polar surface area (TPSA) is 57.2 Å². The third-order valence-electron chi connectivity index (χ3n) is 1.26. The van der Waals surface area contributed by atoms with Crippen molar-refractivity contribution in [3.05, 3.63) is 0 Å². The third kappa shape index (κ3) is 3.80. The normalized spacial score (nSPS) is 15.0. The average molecular weight is 182 g/mol. The number of aliphatic hydroxyl groups excluding tert-OH is 1. The highest BCUT2D eigenvalue weighted by Gasteiger charge is 2.34. The summed E-state index contributed by atoms with van der Waals surface area (Å²) in [5.74, 6) is 0. The SMILES string of the molecule is COC(O)O[Si](C)(OC)OC. The van der Waals surface area contributed by atoms with Gasteiger partial charge in [-0.1, -0.05) is 0 Å². The van der Waals surface area contributed by atoms with E-state index in [2.05, 4.69) is 4.74 Å². The molecule has 1 N–H and O–H groups in total. The molecule has 11 heavy (non-hydrogen) atoms. The molecule has 0 heterocycles. The van der Waals surface area contributed by atoms with Gasteiger partial charge in [0.2, 0.25) is 0 Å². The monoisotopic (exact) mass is 182 g/mol. The van der Waals surface area contributed by atoms with E-state index in [9.17, 15) is 0 Å². The summed E-state index contributed by atoms with van der Waals surface area (Å²) in [5, 5.41) is 8.89. The fraction of sp³-hybridized carbons (Fsp3) is 1.00. The molecule has 0 rings (SSSR count). The van der Waals surface area contributed by atoms with Gasteiger partial charge in [-0.2, -0.15) is 0 Å². The Morgan fingerprint density at radius 1 is 1.18 bits per heavy atom. The van der Waals surface area contributed by atoms with E-state index in [1.54, 1.807) is 6.55 Å². The number of methoxy groups -OCH3 is 1. The van der Waals surface area contributed by atoms with Gasteiger partial charge in [-0.25, -0.2) is 0 Å².